The first-order valence-corrected chi connectivity index (χ1v) is 12.3. The highest BCUT2D eigenvalue weighted by Gasteiger charge is 2.24. The van der Waals surface area contributed by atoms with Gasteiger partial charge >= 0.3 is 5.97 Å². The molecule has 0 aromatic heterocycles. The van der Waals surface area contributed by atoms with Gasteiger partial charge in [0.05, 0.1) is 12.9 Å². The lowest BCUT2D eigenvalue weighted by Crippen LogP contribution is -2.35. The Hall–Kier alpha value is -3.69. The molecule has 0 bridgehead atoms. The molecule has 1 amide bonds. The number of hydrogen-bond donors (Lipinski definition) is 2. The minimum absolute atomic E-state index is 0.115. The van der Waals surface area contributed by atoms with Gasteiger partial charge in [0.1, 0.15) is 5.75 Å². The van der Waals surface area contributed by atoms with E-state index >= 15 is 0 Å². The molecule has 0 fully saturated rings. The molecule has 0 aliphatic carbocycles. The van der Waals surface area contributed by atoms with Gasteiger partial charge in [-0.05, 0) is 43.7 Å². The summed E-state index contributed by atoms with van der Waals surface area (Å²) in [6.07, 6.45) is 4.17. The highest BCUT2D eigenvalue weighted by Crippen LogP contribution is 2.22. The Morgan fingerprint density at radius 3 is 2.34 bits per heavy atom. The summed E-state index contributed by atoms with van der Waals surface area (Å²) in [5.74, 6) is -1.06. The van der Waals surface area contributed by atoms with Crippen LogP contribution in [0.4, 0.5) is 5.69 Å². The van der Waals surface area contributed by atoms with Crippen LogP contribution in [0.3, 0.4) is 0 Å². The van der Waals surface area contributed by atoms with Gasteiger partial charge in [-0.1, -0.05) is 54.6 Å². The van der Waals surface area contributed by atoms with Gasteiger partial charge in [-0.2, -0.15) is 4.31 Å². The molecule has 2 N–H and O–H groups in total. The summed E-state index contributed by atoms with van der Waals surface area (Å²) in [5, 5.41) is 11.8. The molecule has 0 unspecified atom stereocenters. The number of anilines is 1. The second-order valence-corrected chi connectivity index (χ2v) is 9.42. The Morgan fingerprint density at radius 2 is 1.83 bits per heavy atom. The van der Waals surface area contributed by atoms with E-state index in [2.05, 4.69) is 18.5 Å². The summed E-state index contributed by atoms with van der Waals surface area (Å²) in [4.78, 5) is 23.0. The predicted octanol–water partition coefficient (Wildman–Crippen LogP) is 4.16. The Bertz CT molecular complexity index is 1160. The zero-order valence-electron chi connectivity index (χ0n) is 20.2. The van der Waals surface area contributed by atoms with E-state index in [1.54, 1.807) is 38.3 Å². The molecular weight excluding hydrogens is 468 g/mol. The summed E-state index contributed by atoms with van der Waals surface area (Å²) in [6.45, 7) is 9.89. The van der Waals surface area contributed by atoms with Crippen molar-refractivity contribution in [3.63, 3.8) is 0 Å². The molecule has 35 heavy (non-hydrogen) atoms. The van der Waals surface area contributed by atoms with E-state index in [4.69, 9.17) is 9.84 Å². The van der Waals surface area contributed by atoms with Gasteiger partial charge < -0.3 is 15.2 Å². The predicted molar refractivity (Wildman–Crippen MR) is 139 cm³/mol. The standard InChI is InChI=1S/C19H24N2O5S.C7H8O/c1-5-7-18(22)20-17-9-8-14(3)11-16(17)13-21(12-15(4)19(23)24)27(25,26)10-6-2;1-8-7-5-3-2-4-6-7/h5-9,11H,2,4,10,12-13H2,1,3H3,(H,20,22)(H,23,24);2-6H,1H3/b7-5+;. The second-order valence-electron chi connectivity index (χ2n) is 7.41. The van der Waals surface area contributed by atoms with Crippen LogP contribution >= 0.6 is 0 Å². The average Bonchev–Trinajstić information content (AvgIpc) is 2.81. The number of sulfonamides is 1. The lowest BCUT2D eigenvalue weighted by atomic mass is 10.1. The van der Waals surface area contributed by atoms with Crippen molar-refractivity contribution in [2.75, 3.05) is 24.7 Å². The quantitative estimate of drug-likeness (QED) is 0.354. The van der Waals surface area contributed by atoms with E-state index in [1.165, 1.54) is 12.2 Å². The van der Waals surface area contributed by atoms with Crippen molar-refractivity contribution in [2.45, 2.75) is 20.4 Å². The molecule has 0 atom stereocenters. The number of carboxylic acid groups (broad SMARTS) is 1. The van der Waals surface area contributed by atoms with Crippen molar-refractivity contribution in [3.05, 3.63) is 96.6 Å². The van der Waals surface area contributed by atoms with E-state index in [0.29, 0.717) is 11.3 Å². The molecule has 0 aliphatic rings. The second kappa shape index (κ2) is 14.5. The number of allylic oxidation sites excluding steroid dienone is 1. The Kier molecular flexibility index (Phi) is 12.2. The maximum Gasteiger partial charge on any atom is 0.332 e. The first-order valence-electron chi connectivity index (χ1n) is 10.7. The molecule has 9 heteroatoms. The number of rotatable bonds is 11. The Labute approximate surface area is 207 Å². The molecule has 188 valence electrons. The van der Waals surface area contributed by atoms with Crippen LogP contribution < -0.4 is 10.1 Å². The number of carbonyl (C=O) groups excluding carboxylic acids is 1. The number of aliphatic carboxylic acids is 1. The van der Waals surface area contributed by atoms with Crippen LogP contribution in [0.15, 0.2) is 85.5 Å². The number of nitrogens with one attached hydrogen (secondary N) is 1. The zero-order valence-corrected chi connectivity index (χ0v) is 21.0. The van der Waals surface area contributed by atoms with Crippen molar-refractivity contribution in [1.29, 1.82) is 0 Å². The third-order valence-corrected chi connectivity index (χ3v) is 6.26. The summed E-state index contributed by atoms with van der Waals surface area (Å²) in [5.41, 5.74) is 1.60. The van der Waals surface area contributed by atoms with Crippen LogP contribution in [0.2, 0.25) is 0 Å². The molecule has 0 spiro atoms. The third-order valence-electron chi connectivity index (χ3n) is 4.55. The number of aryl methyl sites for hydroxylation is 1. The van der Waals surface area contributed by atoms with Gasteiger partial charge in [0, 0.05) is 24.4 Å². The fraction of sp³-hybridized carbons (Fsp3) is 0.231. The Balaban J connectivity index is 0.000000642. The summed E-state index contributed by atoms with van der Waals surface area (Å²) in [6, 6.07) is 14.9. The highest BCUT2D eigenvalue weighted by molar-refractivity contribution is 7.89. The number of nitrogens with zero attached hydrogens (tertiary/aromatic N) is 1. The number of carbonyl (C=O) groups is 2. The van der Waals surface area contributed by atoms with Crippen molar-refractivity contribution in [3.8, 4) is 5.75 Å². The average molecular weight is 501 g/mol. The molecule has 0 heterocycles. The van der Waals surface area contributed by atoms with E-state index in [9.17, 15) is 18.0 Å². The molecule has 8 nitrogen and oxygen atoms in total. The van der Waals surface area contributed by atoms with Crippen molar-refractivity contribution >= 4 is 27.6 Å². The number of amides is 1. The number of para-hydroxylation sites is 1. The number of methoxy groups -OCH3 is 1. The van der Waals surface area contributed by atoms with Crippen molar-refractivity contribution < 1.29 is 27.9 Å². The van der Waals surface area contributed by atoms with Crippen LogP contribution in [0.1, 0.15) is 18.1 Å². The first-order chi connectivity index (χ1) is 16.5. The fourth-order valence-electron chi connectivity index (χ4n) is 2.84. The molecule has 2 aromatic rings. The van der Waals surface area contributed by atoms with E-state index in [-0.39, 0.29) is 30.3 Å². The van der Waals surface area contributed by atoms with Crippen molar-refractivity contribution in [1.82, 2.24) is 4.31 Å². The van der Waals surface area contributed by atoms with Crippen LogP contribution in [-0.4, -0.2) is 49.1 Å². The number of ether oxygens (including phenoxy) is 1. The molecule has 2 aromatic carbocycles. The summed E-state index contributed by atoms with van der Waals surface area (Å²) < 4.78 is 31.0. The van der Waals surface area contributed by atoms with Crippen LogP contribution in [0.5, 0.6) is 5.75 Å². The van der Waals surface area contributed by atoms with E-state index in [1.807, 2.05) is 37.3 Å². The number of benzene rings is 2. The topological polar surface area (TPSA) is 113 Å². The summed E-state index contributed by atoms with van der Waals surface area (Å²) in [7, 11) is -2.14. The normalized spacial score (nSPS) is 10.9. The van der Waals surface area contributed by atoms with E-state index < -0.39 is 16.0 Å². The van der Waals surface area contributed by atoms with Gasteiger partial charge in [0.25, 0.3) is 0 Å². The third kappa shape index (κ3) is 10.4. The lowest BCUT2D eigenvalue weighted by molar-refractivity contribution is -0.132. The first kappa shape index (κ1) is 29.3. The molecule has 0 radical (unpaired) electrons. The van der Waals surface area contributed by atoms with Crippen molar-refractivity contribution in [2.24, 2.45) is 0 Å². The van der Waals surface area contributed by atoms with Crippen LogP contribution in [0.25, 0.3) is 0 Å². The van der Waals surface area contributed by atoms with E-state index in [0.717, 1.165) is 15.6 Å². The SMILES string of the molecule is C=CCS(=O)(=O)N(CC(=C)C(=O)O)Cc1cc(C)ccc1NC(=O)/C=C/C.COc1ccccc1. The van der Waals surface area contributed by atoms with Gasteiger partial charge in [0.15, 0.2) is 0 Å². The van der Waals surface area contributed by atoms with Crippen LogP contribution in [-0.2, 0) is 26.2 Å². The van der Waals surface area contributed by atoms with Gasteiger partial charge in [-0.25, -0.2) is 13.2 Å². The minimum Gasteiger partial charge on any atom is -0.497 e. The van der Waals surface area contributed by atoms with Gasteiger partial charge in [-0.3, -0.25) is 4.79 Å². The molecule has 0 saturated heterocycles. The molecule has 0 saturated carbocycles. The van der Waals surface area contributed by atoms with Gasteiger partial charge in [-0.15, -0.1) is 6.58 Å². The highest BCUT2D eigenvalue weighted by atomic mass is 32.2. The maximum atomic E-state index is 12.5. The van der Waals surface area contributed by atoms with Crippen LogP contribution in [0, 0.1) is 6.92 Å². The number of hydrogen-bond acceptors (Lipinski definition) is 5. The Morgan fingerprint density at radius 1 is 1.17 bits per heavy atom. The maximum absolute atomic E-state index is 12.5. The lowest BCUT2D eigenvalue weighted by Gasteiger charge is -2.23. The monoisotopic (exact) mass is 500 g/mol. The molecule has 0 aliphatic heterocycles. The smallest absolute Gasteiger partial charge is 0.332 e. The number of carboxylic acids is 1. The zero-order chi connectivity index (χ0) is 26.4. The summed E-state index contributed by atoms with van der Waals surface area (Å²) >= 11 is 0. The fourth-order valence-corrected chi connectivity index (χ4v) is 4.03. The van der Waals surface area contributed by atoms with Gasteiger partial charge in [0.2, 0.25) is 15.9 Å². The largest absolute Gasteiger partial charge is 0.497 e. The molecular formula is C26H32N2O6S. The molecule has 2 rings (SSSR count). The minimum atomic E-state index is -3.80.